The van der Waals surface area contributed by atoms with Gasteiger partial charge in [0.05, 0.1) is 6.26 Å². The second kappa shape index (κ2) is 6.51. The summed E-state index contributed by atoms with van der Waals surface area (Å²) in [4.78, 5) is 11.5. The minimum atomic E-state index is -0.518. The average Bonchev–Trinajstić information content (AvgIpc) is 2.98. The third kappa shape index (κ3) is 3.68. The fraction of sp³-hybridized carbons (Fsp3) is 0.143. The standard InChI is InChI=1S/C14H13FN2O3/c1-10(12-7-4-8-19-12)16-17-14(18)9-20-13-6-3-2-5-11(13)15/h2-8H,9H2,1H3,(H,17,18)/b16-10-. The lowest BCUT2D eigenvalue weighted by Gasteiger charge is -2.05. The van der Waals surface area contributed by atoms with Crippen molar-refractivity contribution in [2.45, 2.75) is 6.92 Å². The van der Waals surface area contributed by atoms with E-state index in [1.165, 1.54) is 18.4 Å². The van der Waals surface area contributed by atoms with Crippen LogP contribution in [-0.4, -0.2) is 18.2 Å². The Morgan fingerprint density at radius 2 is 2.15 bits per heavy atom. The van der Waals surface area contributed by atoms with Crippen LogP contribution in [0.4, 0.5) is 4.39 Å². The van der Waals surface area contributed by atoms with Crippen LogP contribution in [0.2, 0.25) is 0 Å². The zero-order chi connectivity index (χ0) is 14.4. The van der Waals surface area contributed by atoms with E-state index in [4.69, 9.17) is 9.15 Å². The van der Waals surface area contributed by atoms with Crippen molar-refractivity contribution < 1.29 is 18.3 Å². The molecule has 0 radical (unpaired) electrons. The Kier molecular flexibility index (Phi) is 4.49. The lowest BCUT2D eigenvalue weighted by molar-refractivity contribution is -0.123. The molecule has 0 bridgehead atoms. The Balaban J connectivity index is 1.84. The van der Waals surface area contributed by atoms with Crippen molar-refractivity contribution in [3.63, 3.8) is 0 Å². The number of hydrazone groups is 1. The number of carbonyl (C=O) groups excluding carboxylic acids is 1. The number of hydrogen-bond donors (Lipinski definition) is 1. The number of nitrogens with zero attached hydrogens (tertiary/aromatic N) is 1. The van der Waals surface area contributed by atoms with Crippen LogP contribution < -0.4 is 10.2 Å². The van der Waals surface area contributed by atoms with E-state index >= 15 is 0 Å². The molecule has 1 amide bonds. The second-order valence-electron chi connectivity index (χ2n) is 3.93. The van der Waals surface area contributed by atoms with Crippen LogP contribution in [-0.2, 0) is 4.79 Å². The maximum atomic E-state index is 13.2. The lowest BCUT2D eigenvalue weighted by atomic mass is 10.3. The molecule has 0 spiro atoms. The van der Waals surface area contributed by atoms with Crippen LogP contribution in [0.3, 0.4) is 0 Å². The average molecular weight is 276 g/mol. The van der Waals surface area contributed by atoms with Gasteiger partial charge in [0.15, 0.2) is 18.2 Å². The fourth-order valence-electron chi connectivity index (χ4n) is 1.42. The molecule has 1 aromatic carbocycles. The molecule has 104 valence electrons. The van der Waals surface area contributed by atoms with E-state index in [0.717, 1.165) is 0 Å². The summed E-state index contributed by atoms with van der Waals surface area (Å²) >= 11 is 0. The van der Waals surface area contributed by atoms with Gasteiger partial charge in [0, 0.05) is 0 Å². The summed E-state index contributed by atoms with van der Waals surface area (Å²) in [7, 11) is 0. The topological polar surface area (TPSA) is 63.8 Å². The van der Waals surface area contributed by atoms with Gasteiger partial charge in [-0.3, -0.25) is 4.79 Å². The first-order valence-electron chi connectivity index (χ1n) is 5.91. The number of hydrogen-bond acceptors (Lipinski definition) is 4. The molecule has 1 heterocycles. The molecule has 5 nitrogen and oxygen atoms in total. The van der Waals surface area contributed by atoms with E-state index in [1.54, 1.807) is 31.2 Å². The quantitative estimate of drug-likeness (QED) is 0.673. The predicted octanol–water partition coefficient (Wildman–Crippen LogP) is 2.34. The molecule has 0 aliphatic heterocycles. The third-order valence-electron chi connectivity index (χ3n) is 2.42. The molecule has 0 aliphatic carbocycles. The molecule has 2 aromatic rings. The van der Waals surface area contributed by atoms with Gasteiger partial charge >= 0.3 is 0 Å². The highest BCUT2D eigenvalue weighted by Crippen LogP contribution is 2.14. The molecule has 0 unspecified atom stereocenters. The van der Waals surface area contributed by atoms with Gasteiger partial charge in [0.2, 0.25) is 0 Å². The van der Waals surface area contributed by atoms with Gasteiger partial charge in [-0.25, -0.2) is 9.82 Å². The van der Waals surface area contributed by atoms with Crippen molar-refractivity contribution in [2.75, 3.05) is 6.61 Å². The van der Waals surface area contributed by atoms with Crippen molar-refractivity contribution in [3.8, 4) is 5.75 Å². The molecular formula is C14H13FN2O3. The maximum Gasteiger partial charge on any atom is 0.277 e. The monoisotopic (exact) mass is 276 g/mol. The zero-order valence-corrected chi connectivity index (χ0v) is 10.8. The number of halogens is 1. The number of nitrogens with one attached hydrogen (secondary N) is 1. The summed E-state index contributed by atoms with van der Waals surface area (Å²) in [5.41, 5.74) is 2.82. The zero-order valence-electron chi connectivity index (χ0n) is 10.8. The largest absolute Gasteiger partial charge is 0.481 e. The van der Waals surface area contributed by atoms with Crippen molar-refractivity contribution in [2.24, 2.45) is 5.10 Å². The minimum absolute atomic E-state index is 0.0226. The van der Waals surface area contributed by atoms with Crippen molar-refractivity contribution in [3.05, 3.63) is 54.2 Å². The molecule has 0 saturated heterocycles. The molecule has 1 N–H and O–H groups in total. The van der Waals surface area contributed by atoms with Gasteiger partial charge in [0.25, 0.3) is 5.91 Å². The first kappa shape index (κ1) is 13.8. The summed E-state index contributed by atoms with van der Waals surface area (Å²) in [6.45, 7) is 1.37. The Hall–Kier alpha value is -2.63. The Labute approximate surface area is 115 Å². The van der Waals surface area contributed by atoms with E-state index in [0.29, 0.717) is 11.5 Å². The highest BCUT2D eigenvalue weighted by molar-refractivity contribution is 5.96. The summed E-state index contributed by atoms with van der Waals surface area (Å²) in [6, 6.07) is 9.31. The molecule has 20 heavy (non-hydrogen) atoms. The molecule has 0 atom stereocenters. The summed E-state index contributed by atoms with van der Waals surface area (Å²) in [6.07, 6.45) is 1.51. The van der Waals surface area contributed by atoms with Crippen molar-refractivity contribution in [1.29, 1.82) is 0 Å². The van der Waals surface area contributed by atoms with Crippen LogP contribution in [0, 0.1) is 5.82 Å². The predicted molar refractivity (Wildman–Crippen MR) is 71.0 cm³/mol. The molecule has 2 rings (SSSR count). The van der Waals surface area contributed by atoms with Gasteiger partial charge in [-0.1, -0.05) is 12.1 Å². The van der Waals surface area contributed by atoms with Crippen molar-refractivity contribution in [1.82, 2.24) is 5.43 Å². The number of rotatable bonds is 5. The van der Waals surface area contributed by atoms with Crippen LogP contribution in [0.25, 0.3) is 0 Å². The highest BCUT2D eigenvalue weighted by atomic mass is 19.1. The molecule has 1 aromatic heterocycles. The third-order valence-corrected chi connectivity index (χ3v) is 2.42. The summed E-state index contributed by atoms with van der Waals surface area (Å²) in [5, 5.41) is 3.85. The van der Waals surface area contributed by atoms with E-state index in [1.807, 2.05) is 0 Å². The van der Waals surface area contributed by atoms with Crippen LogP contribution in [0.15, 0.2) is 52.2 Å². The van der Waals surface area contributed by atoms with Gasteiger partial charge in [-0.2, -0.15) is 5.10 Å². The molecule has 6 heteroatoms. The van der Waals surface area contributed by atoms with Crippen LogP contribution >= 0.6 is 0 Å². The molecular weight excluding hydrogens is 263 g/mol. The number of para-hydroxylation sites is 1. The van der Waals surface area contributed by atoms with Crippen LogP contribution in [0.1, 0.15) is 12.7 Å². The van der Waals surface area contributed by atoms with Gasteiger partial charge < -0.3 is 9.15 Å². The number of amides is 1. The minimum Gasteiger partial charge on any atom is -0.481 e. The number of ether oxygens (including phenoxy) is 1. The number of carbonyl (C=O) groups is 1. The maximum absolute atomic E-state index is 13.2. The van der Waals surface area contributed by atoms with E-state index in [9.17, 15) is 9.18 Å². The number of furan rings is 1. The summed E-state index contributed by atoms with van der Waals surface area (Å²) < 4.78 is 23.4. The van der Waals surface area contributed by atoms with Gasteiger partial charge in [-0.05, 0) is 31.2 Å². The van der Waals surface area contributed by atoms with Gasteiger partial charge in [-0.15, -0.1) is 0 Å². The molecule has 0 fully saturated rings. The Morgan fingerprint density at radius 1 is 1.35 bits per heavy atom. The first-order valence-corrected chi connectivity index (χ1v) is 5.91. The highest BCUT2D eigenvalue weighted by Gasteiger charge is 2.06. The van der Waals surface area contributed by atoms with Crippen molar-refractivity contribution >= 4 is 11.6 Å². The van der Waals surface area contributed by atoms with Gasteiger partial charge in [0.1, 0.15) is 11.5 Å². The van der Waals surface area contributed by atoms with Crippen LogP contribution in [0.5, 0.6) is 5.75 Å². The molecule has 0 aliphatic rings. The Morgan fingerprint density at radius 3 is 2.85 bits per heavy atom. The van der Waals surface area contributed by atoms with E-state index < -0.39 is 11.7 Å². The Bertz CT molecular complexity index is 609. The second-order valence-corrected chi connectivity index (χ2v) is 3.93. The summed E-state index contributed by atoms with van der Waals surface area (Å²) in [5.74, 6) is -0.426. The number of benzene rings is 1. The normalized spacial score (nSPS) is 11.2. The van der Waals surface area contributed by atoms with E-state index in [2.05, 4.69) is 10.5 Å². The first-order chi connectivity index (χ1) is 9.66. The lowest BCUT2D eigenvalue weighted by Crippen LogP contribution is -2.25. The SMILES string of the molecule is C/C(=N/NC(=O)COc1ccccc1F)c1ccco1. The fourth-order valence-corrected chi connectivity index (χ4v) is 1.42. The smallest absolute Gasteiger partial charge is 0.277 e. The molecule has 0 saturated carbocycles. The van der Waals surface area contributed by atoms with E-state index in [-0.39, 0.29) is 12.4 Å².